The summed E-state index contributed by atoms with van der Waals surface area (Å²) in [5.41, 5.74) is 2.53. The third-order valence-corrected chi connectivity index (χ3v) is 7.84. The van der Waals surface area contributed by atoms with E-state index in [9.17, 15) is 19.5 Å². The highest BCUT2D eigenvalue weighted by Crippen LogP contribution is 2.35. The SMILES string of the molecule is N=C(NC[C@H](NC(=O)c1c(Cl)cc2c(c1Cl)CCN(C(=O)c1ccc3ccoc3c1)C2)C(=O)O)N1CCCC1. The second-order valence-electron chi connectivity index (χ2n) is 9.62. The molecule has 5 rings (SSSR count). The number of guanidine groups is 1. The van der Waals surface area contributed by atoms with Crippen LogP contribution >= 0.6 is 23.2 Å². The van der Waals surface area contributed by atoms with E-state index in [0.29, 0.717) is 29.7 Å². The quantitative estimate of drug-likeness (QED) is 0.261. The molecule has 1 atom stereocenters. The van der Waals surface area contributed by atoms with Gasteiger partial charge in [0.15, 0.2) is 5.96 Å². The number of benzene rings is 2. The van der Waals surface area contributed by atoms with Gasteiger partial charge in [0.25, 0.3) is 11.8 Å². The zero-order chi connectivity index (χ0) is 27.7. The van der Waals surface area contributed by atoms with Crippen molar-refractivity contribution in [1.82, 2.24) is 20.4 Å². The molecule has 1 saturated heterocycles. The molecule has 0 radical (unpaired) electrons. The Kier molecular flexibility index (Phi) is 7.67. The molecule has 0 unspecified atom stereocenters. The van der Waals surface area contributed by atoms with Crippen LogP contribution < -0.4 is 10.6 Å². The lowest BCUT2D eigenvalue weighted by Crippen LogP contribution is -2.51. The van der Waals surface area contributed by atoms with E-state index in [0.717, 1.165) is 36.9 Å². The number of furan rings is 1. The highest BCUT2D eigenvalue weighted by Gasteiger charge is 2.30. The summed E-state index contributed by atoms with van der Waals surface area (Å²) in [5, 5.41) is 24.1. The summed E-state index contributed by atoms with van der Waals surface area (Å²) in [7, 11) is 0. The van der Waals surface area contributed by atoms with Crippen molar-refractivity contribution in [1.29, 1.82) is 5.41 Å². The van der Waals surface area contributed by atoms with Gasteiger partial charge in [-0.3, -0.25) is 15.0 Å². The van der Waals surface area contributed by atoms with E-state index in [1.165, 1.54) is 0 Å². The van der Waals surface area contributed by atoms with Crippen molar-refractivity contribution < 1.29 is 23.9 Å². The van der Waals surface area contributed by atoms with Gasteiger partial charge >= 0.3 is 5.97 Å². The first kappa shape index (κ1) is 26.8. The molecule has 2 aromatic carbocycles. The van der Waals surface area contributed by atoms with Gasteiger partial charge in [-0.05, 0) is 54.7 Å². The number of carboxylic acid groups (broad SMARTS) is 1. The molecular weight excluding hydrogens is 545 g/mol. The lowest BCUT2D eigenvalue weighted by atomic mass is 9.96. The Morgan fingerprint density at radius 1 is 1.08 bits per heavy atom. The third kappa shape index (κ3) is 5.53. The van der Waals surface area contributed by atoms with Crippen molar-refractivity contribution in [2.75, 3.05) is 26.2 Å². The molecule has 0 bridgehead atoms. The number of carbonyl (C=O) groups excluding carboxylic acids is 2. The predicted octanol–water partition coefficient (Wildman–Crippen LogP) is 3.74. The van der Waals surface area contributed by atoms with E-state index in [2.05, 4.69) is 10.6 Å². The Labute approximate surface area is 234 Å². The molecule has 12 heteroatoms. The fraction of sp³-hybridized carbons (Fsp3) is 0.333. The number of hydrogen-bond acceptors (Lipinski definition) is 5. The van der Waals surface area contributed by atoms with Crippen LogP contribution in [0.25, 0.3) is 11.0 Å². The highest BCUT2D eigenvalue weighted by molar-refractivity contribution is 6.40. The third-order valence-electron chi connectivity index (χ3n) is 7.12. The first-order valence-electron chi connectivity index (χ1n) is 12.6. The summed E-state index contributed by atoms with van der Waals surface area (Å²) < 4.78 is 5.41. The molecule has 0 aliphatic carbocycles. The second-order valence-corrected chi connectivity index (χ2v) is 10.4. The number of hydrogen-bond donors (Lipinski definition) is 4. The van der Waals surface area contributed by atoms with Crippen LogP contribution in [-0.2, 0) is 17.8 Å². The van der Waals surface area contributed by atoms with E-state index >= 15 is 0 Å². The van der Waals surface area contributed by atoms with Crippen molar-refractivity contribution in [3.63, 3.8) is 0 Å². The minimum Gasteiger partial charge on any atom is -0.480 e. The molecule has 3 heterocycles. The summed E-state index contributed by atoms with van der Waals surface area (Å²) in [6.45, 7) is 1.94. The lowest BCUT2D eigenvalue weighted by molar-refractivity contribution is -0.139. The maximum atomic E-state index is 13.2. The minimum atomic E-state index is -1.30. The van der Waals surface area contributed by atoms with Gasteiger partial charge in [-0.25, -0.2) is 4.79 Å². The molecular formula is C27H27Cl2N5O5. The number of carbonyl (C=O) groups is 3. The number of halogens is 2. The maximum absolute atomic E-state index is 13.2. The van der Waals surface area contributed by atoms with E-state index in [1.54, 1.807) is 29.4 Å². The van der Waals surface area contributed by atoms with Crippen LogP contribution in [0.3, 0.4) is 0 Å². The average molecular weight is 572 g/mol. The fourth-order valence-electron chi connectivity index (χ4n) is 4.99. The number of fused-ring (bicyclic) bond motifs is 2. The standard InChI is InChI=1S/C27H27Cl2N5O5/c28-19-11-17-14-34(25(36)16-4-3-15-6-10-39-21(15)12-16)9-5-18(17)23(29)22(19)24(35)32-20(26(37)38)13-31-27(30)33-7-1-2-8-33/h3-4,6,10-12,20H,1-2,5,7-9,13-14H2,(H2,30,31)(H,32,35)(H,37,38)/t20-/m0/s1. The van der Waals surface area contributed by atoms with Crippen molar-refractivity contribution >= 4 is 57.9 Å². The fourth-order valence-corrected chi connectivity index (χ4v) is 5.75. The summed E-state index contributed by atoms with van der Waals surface area (Å²) in [6, 6.07) is 7.42. The molecule has 2 aliphatic rings. The summed E-state index contributed by atoms with van der Waals surface area (Å²) in [4.78, 5) is 41.6. The Hall–Kier alpha value is -3.76. The van der Waals surface area contributed by atoms with E-state index in [-0.39, 0.29) is 40.6 Å². The van der Waals surface area contributed by atoms with Crippen molar-refractivity contribution in [2.24, 2.45) is 0 Å². The molecule has 10 nitrogen and oxygen atoms in total. The molecule has 39 heavy (non-hydrogen) atoms. The number of nitrogens with zero attached hydrogens (tertiary/aromatic N) is 2. The van der Waals surface area contributed by atoms with Gasteiger partial charge in [0.1, 0.15) is 11.6 Å². The van der Waals surface area contributed by atoms with Crippen LogP contribution in [0.5, 0.6) is 0 Å². The summed E-state index contributed by atoms with van der Waals surface area (Å²) in [5.74, 6) is -2.01. The molecule has 2 aliphatic heterocycles. The first-order valence-corrected chi connectivity index (χ1v) is 13.4. The molecule has 0 spiro atoms. The first-order chi connectivity index (χ1) is 18.7. The molecule has 3 aromatic rings. The number of nitrogens with one attached hydrogen (secondary N) is 3. The normalized spacial score (nSPS) is 15.6. The Bertz CT molecular complexity index is 1470. The minimum absolute atomic E-state index is 0.0130. The smallest absolute Gasteiger partial charge is 0.328 e. The number of aliphatic carboxylic acids is 1. The molecule has 1 fully saturated rings. The van der Waals surface area contributed by atoms with Crippen molar-refractivity contribution in [3.05, 3.63) is 68.9 Å². The largest absolute Gasteiger partial charge is 0.480 e. The zero-order valence-electron chi connectivity index (χ0n) is 20.9. The number of rotatable bonds is 6. The van der Waals surface area contributed by atoms with Crippen LogP contribution in [0.1, 0.15) is 44.7 Å². The average Bonchev–Trinajstić information content (AvgIpc) is 3.62. The van der Waals surface area contributed by atoms with Crippen LogP contribution in [0.15, 0.2) is 41.0 Å². The Balaban J connectivity index is 1.29. The molecule has 1 aromatic heterocycles. The number of carboxylic acids is 1. The van der Waals surface area contributed by atoms with Crippen LogP contribution in [-0.4, -0.2) is 70.9 Å². The topological polar surface area (TPSA) is 139 Å². The number of amides is 2. The van der Waals surface area contributed by atoms with Crippen molar-refractivity contribution in [2.45, 2.75) is 31.8 Å². The van der Waals surface area contributed by atoms with E-state index < -0.39 is 17.9 Å². The van der Waals surface area contributed by atoms with Crippen molar-refractivity contribution in [3.8, 4) is 0 Å². The second kappa shape index (κ2) is 11.2. The van der Waals surface area contributed by atoms with Gasteiger partial charge in [0.2, 0.25) is 0 Å². The number of likely N-dealkylation sites (tertiary alicyclic amines) is 1. The van der Waals surface area contributed by atoms with Crippen LogP contribution in [0.2, 0.25) is 10.0 Å². The van der Waals surface area contributed by atoms with Gasteiger partial charge in [-0.1, -0.05) is 29.3 Å². The van der Waals surface area contributed by atoms with Crippen LogP contribution in [0, 0.1) is 5.41 Å². The summed E-state index contributed by atoms with van der Waals surface area (Å²) in [6.07, 6.45) is 3.93. The van der Waals surface area contributed by atoms with Crippen LogP contribution in [0.4, 0.5) is 0 Å². The Morgan fingerprint density at radius 2 is 1.85 bits per heavy atom. The summed E-state index contributed by atoms with van der Waals surface area (Å²) >= 11 is 13.1. The lowest BCUT2D eigenvalue weighted by Gasteiger charge is -2.30. The van der Waals surface area contributed by atoms with Gasteiger partial charge < -0.3 is 30.0 Å². The van der Waals surface area contributed by atoms with Gasteiger partial charge in [-0.15, -0.1) is 0 Å². The highest BCUT2D eigenvalue weighted by atomic mass is 35.5. The molecule has 2 amide bonds. The van der Waals surface area contributed by atoms with E-state index in [4.69, 9.17) is 33.0 Å². The van der Waals surface area contributed by atoms with Gasteiger partial charge in [0, 0.05) is 43.7 Å². The molecule has 204 valence electrons. The van der Waals surface area contributed by atoms with E-state index in [1.807, 2.05) is 17.0 Å². The zero-order valence-corrected chi connectivity index (χ0v) is 22.4. The predicted molar refractivity (Wildman–Crippen MR) is 147 cm³/mol. The Morgan fingerprint density at radius 3 is 2.59 bits per heavy atom. The van der Waals surface area contributed by atoms with Gasteiger partial charge in [0.05, 0.1) is 21.9 Å². The van der Waals surface area contributed by atoms with Gasteiger partial charge in [-0.2, -0.15) is 0 Å². The molecule has 4 N–H and O–H groups in total. The maximum Gasteiger partial charge on any atom is 0.328 e. The molecule has 0 saturated carbocycles. The monoisotopic (exact) mass is 571 g/mol.